The fourth-order valence-corrected chi connectivity index (χ4v) is 3.90. The van der Waals surface area contributed by atoms with E-state index < -0.39 is 0 Å². The molecule has 3 rings (SSSR count). The summed E-state index contributed by atoms with van der Waals surface area (Å²) in [6.07, 6.45) is 2.07. The first-order valence-corrected chi connectivity index (χ1v) is 9.28. The van der Waals surface area contributed by atoms with Crippen LogP contribution in [0.1, 0.15) is 43.5 Å². The molecule has 1 atom stereocenters. The second kappa shape index (κ2) is 7.16. The molecule has 1 heterocycles. The summed E-state index contributed by atoms with van der Waals surface area (Å²) in [6.45, 7) is 7.47. The smallest absolute Gasteiger partial charge is 0.253 e. The highest BCUT2D eigenvalue weighted by Crippen LogP contribution is 2.45. The van der Waals surface area contributed by atoms with Crippen LogP contribution in [-0.4, -0.2) is 60.8 Å². The monoisotopic (exact) mass is 344 g/mol. The van der Waals surface area contributed by atoms with Crippen LogP contribution in [-0.2, 0) is 4.79 Å². The van der Waals surface area contributed by atoms with Crippen LogP contribution in [0.5, 0.6) is 5.75 Å². The molecule has 0 radical (unpaired) electrons. The summed E-state index contributed by atoms with van der Waals surface area (Å²) in [5.74, 6) is 1.12. The zero-order chi connectivity index (χ0) is 18.0. The van der Waals surface area contributed by atoms with Gasteiger partial charge in [0.25, 0.3) is 5.91 Å². The second-order valence-electron chi connectivity index (χ2n) is 7.22. The third kappa shape index (κ3) is 3.30. The minimum atomic E-state index is -0.325. The largest absolute Gasteiger partial charge is 0.489 e. The molecule has 0 N–H and O–H groups in total. The number of carbonyl (C=O) groups excluding carboxylic acids is 2. The van der Waals surface area contributed by atoms with Crippen LogP contribution in [0.4, 0.5) is 0 Å². The van der Waals surface area contributed by atoms with Gasteiger partial charge in [0, 0.05) is 38.2 Å². The Morgan fingerprint density at radius 3 is 2.24 bits per heavy atom. The SMILES string of the molecule is CCC1(CC)C(=O)C[C@@H]1Oc1ccc(C(=O)N2CCN(C)CC2)cc1. The van der Waals surface area contributed by atoms with E-state index in [2.05, 4.69) is 25.8 Å². The maximum atomic E-state index is 12.6. The number of benzene rings is 1. The highest BCUT2D eigenvalue weighted by molar-refractivity contribution is 5.94. The molecule has 1 saturated carbocycles. The lowest BCUT2D eigenvalue weighted by Gasteiger charge is -2.46. The van der Waals surface area contributed by atoms with E-state index in [1.165, 1.54) is 0 Å². The molecular formula is C20H28N2O3. The van der Waals surface area contributed by atoms with E-state index in [1.807, 2.05) is 29.2 Å². The number of carbonyl (C=O) groups is 2. The average Bonchev–Trinajstić information content (AvgIpc) is 2.63. The van der Waals surface area contributed by atoms with Crippen LogP contribution in [0.3, 0.4) is 0 Å². The van der Waals surface area contributed by atoms with Crippen LogP contribution in [0.25, 0.3) is 0 Å². The van der Waals surface area contributed by atoms with E-state index in [1.54, 1.807) is 0 Å². The number of ketones is 1. The van der Waals surface area contributed by atoms with E-state index in [0.717, 1.165) is 44.8 Å². The molecule has 25 heavy (non-hydrogen) atoms. The van der Waals surface area contributed by atoms with Gasteiger partial charge in [-0.15, -0.1) is 0 Å². The Bertz CT molecular complexity index is 629. The lowest BCUT2D eigenvalue weighted by atomic mass is 9.61. The lowest BCUT2D eigenvalue weighted by molar-refractivity contribution is -0.153. The minimum absolute atomic E-state index is 0.0471. The Kier molecular flexibility index (Phi) is 5.13. The average molecular weight is 344 g/mol. The molecule has 2 fully saturated rings. The summed E-state index contributed by atoms with van der Waals surface area (Å²) in [4.78, 5) is 28.7. The van der Waals surface area contributed by atoms with Gasteiger partial charge in [-0.25, -0.2) is 0 Å². The van der Waals surface area contributed by atoms with Crippen LogP contribution in [0, 0.1) is 5.41 Å². The van der Waals surface area contributed by atoms with E-state index in [-0.39, 0.29) is 17.4 Å². The van der Waals surface area contributed by atoms with Crippen molar-refractivity contribution in [1.29, 1.82) is 0 Å². The third-order valence-corrected chi connectivity index (χ3v) is 5.97. The third-order valence-electron chi connectivity index (χ3n) is 5.97. The molecule has 0 aromatic heterocycles. The van der Waals surface area contributed by atoms with Crippen LogP contribution in [0.2, 0.25) is 0 Å². The van der Waals surface area contributed by atoms with Crippen LogP contribution < -0.4 is 4.74 Å². The molecule has 5 nitrogen and oxygen atoms in total. The van der Waals surface area contributed by atoms with Crippen molar-refractivity contribution in [2.75, 3.05) is 33.2 Å². The van der Waals surface area contributed by atoms with Gasteiger partial charge in [-0.3, -0.25) is 9.59 Å². The zero-order valence-electron chi connectivity index (χ0n) is 15.5. The highest BCUT2D eigenvalue weighted by Gasteiger charge is 2.53. The van der Waals surface area contributed by atoms with Crippen molar-refractivity contribution in [2.24, 2.45) is 5.41 Å². The Balaban J connectivity index is 1.63. The molecule has 1 amide bonds. The standard InChI is InChI=1S/C20H28N2O3/c1-4-20(5-2)17(23)14-18(20)25-16-8-6-15(7-9-16)19(24)22-12-10-21(3)11-13-22/h6-9,18H,4-5,10-14H2,1-3H3/t18-/m0/s1. The molecule has 136 valence electrons. The van der Waals surface area contributed by atoms with E-state index in [9.17, 15) is 9.59 Å². The van der Waals surface area contributed by atoms with Gasteiger partial charge < -0.3 is 14.5 Å². The normalized spacial score (nSPS) is 23.2. The first kappa shape index (κ1) is 17.9. The number of Topliss-reactive ketones (excluding diaryl/α,β-unsaturated/α-hetero) is 1. The van der Waals surface area contributed by atoms with Gasteiger partial charge in [-0.1, -0.05) is 13.8 Å². The minimum Gasteiger partial charge on any atom is -0.489 e. The van der Waals surface area contributed by atoms with Crippen molar-refractivity contribution < 1.29 is 14.3 Å². The molecule has 1 aliphatic carbocycles. The zero-order valence-corrected chi connectivity index (χ0v) is 15.5. The molecule has 2 aliphatic rings. The molecule has 1 saturated heterocycles. The van der Waals surface area contributed by atoms with Crippen molar-refractivity contribution in [3.63, 3.8) is 0 Å². The van der Waals surface area contributed by atoms with Crippen molar-refractivity contribution in [2.45, 2.75) is 39.2 Å². The first-order chi connectivity index (χ1) is 12.0. The van der Waals surface area contributed by atoms with Gasteiger partial charge in [-0.05, 0) is 44.2 Å². The molecule has 1 aromatic rings. The maximum Gasteiger partial charge on any atom is 0.253 e. The van der Waals surface area contributed by atoms with Gasteiger partial charge in [0.15, 0.2) is 0 Å². The maximum absolute atomic E-state index is 12.6. The number of piperazine rings is 1. The van der Waals surface area contributed by atoms with Gasteiger partial charge in [0.05, 0.1) is 5.41 Å². The van der Waals surface area contributed by atoms with Crippen molar-refractivity contribution in [1.82, 2.24) is 9.80 Å². The second-order valence-corrected chi connectivity index (χ2v) is 7.22. The highest BCUT2D eigenvalue weighted by atomic mass is 16.5. The number of hydrogen-bond donors (Lipinski definition) is 0. The Labute approximate surface area is 149 Å². The van der Waals surface area contributed by atoms with Gasteiger partial charge >= 0.3 is 0 Å². The van der Waals surface area contributed by atoms with Crippen LogP contribution >= 0.6 is 0 Å². The predicted octanol–water partition coefficient (Wildman–Crippen LogP) is 2.60. The summed E-state index contributed by atoms with van der Waals surface area (Å²) >= 11 is 0. The summed E-state index contributed by atoms with van der Waals surface area (Å²) in [6, 6.07) is 7.36. The van der Waals surface area contributed by atoms with Crippen molar-refractivity contribution >= 4 is 11.7 Å². The molecule has 0 bridgehead atoms. The number of likely N-dealkylation sites (N-methyl/N-ethyl adjacent to an activating group) is 1. The molecule has 5 heteroatoms. The van der Waals surface area contributed by atoms with Crippen molar-refractivity contribution in [3.05, 3.63) is 29.8 Å². The van der Waals surface area contributed by atoms with E-state index >= 15 is 0 Å². The summed E-state index contributed by atoms with van der Waals surface area (Å²) < 4.78 is 6.06. The number of nitrogens with zero attached hydrogens (tertiary/aromatic N) is 2. The van der Waals surface area contributed by atoms with Gasteiger partial charge in [0.2, 0.25) is 0 Å². The fourth-order valence-electron chi connectivity index (χ4n) is 3.90. The number of amides is 1. The molecule has 0 unspecified atom stereocenters. The molecule has 1 aliphatic heterocycles. The lowest BCUT2D eigenvalue weighted by Crippen LogP contribution is -2.56. The number of rotatable bonds is 5. The molecule has 1 aromatic carbocycles. The van der Waals surface area contributed by atoms with Crippen LogP contribution in [0.15, 0.2) is 24.3 Å². The van der Waals surface area contributed by atoms with E-state index in [0.29, 0.717) is 17.8 Å². The first-order valence-electron chi connectivity index (χ1n) is 9.28. The summed E-state index contributed by atoms with van der Waals surface area (Å²) in [5, 5.41) is 0. The Morgan fingerprint density at radius 1 is 1.12 bits per heavy atom. The Morgan fingerprint density at radius 2 is 1.72 bits per heavy atom. The topological polar surface area (TPSA) is 49.9 Å². The Hall–Kier alpha value is -1.88. The van der Waals surface area contributed by atoms with Gasteiger partial charge in [0.1, 0.15) is 17.6 Å². The fraction of sp³-hybridized carbons (Fsp3) is 0.600. The molecular weight excluding hydrogens is 316 g/mol. The molecule has 0 spiro atoms. The quantitative estimate of drug-likeness (QED) is 0.824. The number of hydrogen-bond acceptors (Lipinski definition) is 4. The van der Waals surface area contributed by atoms with Gasteiger partial charge in [-0.2, -0.15) is 0 Å². The van der Waals surface area contributed by atoms with E-state index in [4.69, 9.17) is 4.74 Å². The summed E-state index contributed by atoms with van der Waals surface area (Å²) in [5.41, 5.74) is 0.368. The summed E-state index contributed by atoms with van der Waals surface area (Å²) in [7, 11) is 2.08. The predicted molar refractivity (Wildman–Crippen MR) is 96.9 cm³/mol. The van der Waals surface area contributed by atoms with Crippen molar-refractivity contribution in [3.8, 4) is 5.75 Å². The number of ether oxygens (including phenoxy) is 1.